The van der Waals surface area contributed by atoms with Crippen LogP contribution in [0.15, 0.2) is 11.8 Å². The van der Waals surface area contributed by atoms with Crippen LogP contribution in [0.2, 0.25) is 0 Å². The molecule has 182 valence electrons. The normalized spacial score (nSPS) is 16.1. The quantitative estimate of drug-likeness (QED) is 0.0641. The minimum atomic E-state index is -0.844. The summed E-state index contributed by atoms with van der Waals surface area (Å²) in [5, 5.41) is 2.50. The molecule has 1 amide bonds. The molecule has 32 heavy (non-hydrogen) atoms. The van der Waals surface area contributed by atoms with Crippen molar-refractivity contribution in [3.05, 3.63) is 11.8 Å². The van der Waals surface area contributed by atoms with Gasteiger partial charge in [-0.1, -0.05) is 96.8 Å². The van der Waals surface area contributed by atoms with Crippen molar-refractivity contribution in [3.63, 3.8) is 0 Å². The van der Waals surface area contributed by atoms with Gasteiger partial charge >= 0.3 is 5.97 Å². The number of hydrogen-bond acceptors (Lipinski definition) is 5. The average Bonchev–Trinajstić information content (AvgIpc) is 3.23. The maximum absolute atomic E-state index is 12.0. The Hall–Kier alpha value is -1.98. The second-order valence-corrected chi connectivity index (χ2v) is 8.87. The van der Waals surface area contributed by atoms with Crippen LogP contribution in [0.3, 0.4) is 0 Å². The lowest BCUT2D eigenvalue weighted by atomic mass is 10.0. The third-order valence-corrected chi connectivity index (χ3v) is 5.98. The van der Waals surface area contributed by atoms with Crippen LogP contribution in [0, 0.1) is 0 Å². The van der Waals surface area contributed by atoms with E-state index in [0.717, 1.165) is 19.3 Å². The number of Topliss-reactive ketones (excluding diaryl/α,β-unsaturated/α-hetero) is 1. The molecule has 1 heterocycles. The molecule has 1 aliphatic heterocycles. The van der Waals surface area contributed by atoms with Gasteiger partial charge in [0.15, 0.2) is 12.0 Å². The van der Waals surface area contributed by atoms with E-state index < -0.39 is 17.8 Å². The number of aldehydes is 1. The van der Waals surface area contributed by atoms with E-state index in [1.165, 1.54) is 83.1 Å². The number of carbonyl (C=O) groups is 4. The van der Waals surface area contributed by atoms with Gasteiger partial charge in [0, 0.05) is 6.42 Å². The van der Waals surface area contributed by atoms with Gasteiger partial charge in [-0.3, -0.25) is 14.4 Å². The van der Waals surface area contributed by atoms with Gasteiger partial charge < -0.3 is 10.1 Å². The maximum atomic E-state index is 12.0. The number of hydrogen-bond donors (Lipinski definition) is 1. The zero-order valence-corrected chi connectivity index (χ0v) is 20.0. The Morgan fingerprint density at radius 2 is 1.38 bits per heavy atom. The molecule has 0 aromatic carbocycles. The highest BCUT2D eigenvalue weighted by Gasteiger charge is 2.30. The SMILES string of the molecule is CCCCCCCCCCCCCCCCCC=C(OC(=O)C1CCC(=O)N1)C(=O)C=O. The summed E-state index contributed by atoms with van der Waals surface area (Å²) in [6.07, 6.45) is 22.1. The molecule has 1 aliphatic rings. The van der Waals surface area contributed by atoms with E-state index in [0.29, 0.717) is 12.8 Å². The van der Waals surface area contributed by atoms with Crippen LogP contribution in [0.25, 0.3) is 0 Å². The van der Waals surface area contributed by atoms with E-state index in [2.05, 4.69) is 12.2 Å². The van der Waals surface area contributed by atoms with Crippen molar-refractivity contribution in [3.8, 4) is 0 Å². The number of allylic oxidation sites excluding steroid dienone is 2. The van der Waals surface area contributed by atoms with Gasteiger partial charge in [-0.05, 0) is 25.3 Å². The number of carbonyl (C=O) groups excluding carboxylic acids is 4. The Kier molecular flexibility index (Phi) is 16.3. The van der Waals surface area contributed by atoms with Gasteiger partial charge in [0.25, 0.3) is 5.78 Å². The number of rotatable bonds is 20. The van der Waals surface area contributed by atoms with Crippen LogP contribution in [-0.4, -0.2) is 30.0 Å². The second kappa shape index (κ2) is 18.6. The third-order valence-electron chi connectivity index (χ3n) is 5.98. The van der Waals surface area contributed by atoms with Gasteiger partial charge in [0.2, 0.25) is 5.91 Å². The average molecular weight is 450 g/mol. The Bertz CT molecular complexity index is 599. The number of nitrogens with one attached hydrogen (secondary N) is 1. The zero-order chi connectivity index (χ0) is 23.4. The fraction of sp³-hybridized carbons (Fsp3) is 0.769. The van der Waals surface area contributed by atoms with Crippen LogP contribution in [0.4, 0.5) is 0 Å². The van der Waals surface area contributed by atoms with Crippen molar-refractivity contribution in [2.75, 3.05) is 0 Å². The molecule has 1 N–H and O–H groups in total. The molecule has 0 bridgehead atoms. The molecule has 1 atom stereocenters. The lowest BCUT2D eigenvalue weighted by Gasteiger charge is -2.10. The summed E-state index contributed by atoms with van der Waals surface area (Å²) in [4.78, 5) is 45.8. The first-order valence-electron chi connectivity index (χ1n) is 12.8. The van der Waals surface area contributed by atoms with E-state index >= 15 is 0 Å². The van der Waals surface area contributed by atoms with Crippen LogP contribution in [-0.2, 0) is 23.9 Å². The fourth-order valence-corrected chi connectivity index (χ4v) is 3.97. The largest absolute Gasteiger partial charge is 0.421 e. The first-order chi connectivity index (χ1) is 15.6. The highest BCUT2D eigenvalue weighted by atomic mass is 16.5. The van der Waals surface area contributed by atoms with Crippen molar-refractivity contribution >= 4 is 23.9 Å². The molecule has 0 aromatic rings. The molecule has 1 fully saturated rings. The Labute approximate surface area is 193 Å². The maximum Gasteiger partial charge on any atom is 0.334 e. The van der Waals surface area contributed by atoms with Gasteiger partial charge in [-0.2, -0.15) is 0 Å². The highest BCUT2D eigenvalue weighted by Crippen LogP contribution is 2.15. The smallest absolute Gasteiger partial charge is 0.334 e. The Morgan fingerprint density at radius 1 is 0.875 bits per heavy atom. The lowest BCUT2D eigenvalue weighted by molar-refractivity contribution is -0.145. The summed E-state index contributed by atoms with van der Waals surface area (Å²) < 4.78 is 5.09. The summed E-state index contributed by atoms with van der Waals surface area (Å²) in [5.74, 6) is -1.97. The first kappa shape index (κ1) is 28.1. The van der Waals surface area contributed by atoms with Crippen molar-refractivity contribution in [2.45, 2.75) is 129 Å². The summed E-state index contributed by atoms with van der Waals surface area (Å²) in [6.45, 7) is 2.26. The van der Waals surface area contributed by atoms with E-state index in [9.17, 15) is 19.2 Å². The summed E-state index contributed by atoms with van der Waals surface area (Å²) in [7, 11) is 0. The monoisotopic (exact) mass is 449 g/mol. The number of amides is 1. The molecular formula is C26H43NO5. The second-order valence-electron chi connectivity index (χ2n) is 8.87. The molecule has 0 radical (unpaired) electrons. The van der Waals surface area contributed by atoms with Crippen molar-refractivity contribution in [2.24, 2.45) is 0 Å². The van der Waals surface area contributed by atoms with Gasteiger partial charge in [-0.15, -0.1) is 0 Å². The summed E-state index contributed by atoms with van der Waals surface area (Å²) >= 11 is 0. The van der Waals surface area contributed by atoms with Gasteiger partial charge in [0.1, 0.15) is 6.04 Å². The Balaban J connectivity index is 2.05. The molecule has 1 unspecified atom stereocenters. The van der Waals surface area contributed by atoms with E-state index in [-0.39, 0.29) is 24.4 Å². The number of esters is 1. The standard InChI is InChI=1S/C26H43NO5/c1-2-3-4-5-6-7-8-9-10-11-12-13-14-15-16-17-18-24(23(29)21-28)32-26(31)22-19-20-25(30)27-22/h18,21-22H,2-17,19-20H2,1H3,(H,27,30). The van der Waals surface area contributed by atoms with E-state index in [4.69, 9.17) is 4.74 Å². The molecule has 1 saturated heterocycles. The molecule has 1 rings (SSSR count). The van der Waals surface area contributed by atoms with Crippen molar-refractivity contribution < 1.29 is 23.9 Å². The third kappa shape index (κ3) is 13.4. The minimum absolute atomic E-state index is 0.152. The summed E-state index contributed by atoms with van der Waals surface area (Å²) in [5.41, 5.74) is 0. The number of ketones is 1. The van der Waals surface area contributed by atoms with Crippen LogP contribution < -0.4 is 5.32 Å². The zero-order valence-electron chi connectivity index (χ0n) is 20.0. The number of unbranched alkanes of at least 4 members (excludes halogenated alkanes) is 15. The molecule has 0 saturated carbocycles. The summed E-state index contributed by atoms with van der Waals surface area (Å²) in [6, 6.07) is -0.740. The fourth-order valence-electron chi connectivity index (χ4n) is 3.97. The topological polar surface area (TPSA) is 89.5 Å². The highest BCUT2D eigenvalue weighted by molar-refractivity contribution is 6.32. The van der Waals surface area contributed by atoms with Gasteiger partial charge in [-0.25, -0.2) is 4.79 Å². The van der Waals surface area contributed by atoms with Crippen molar-refractivity contribution in [1.29, 1.82) is 0 Å². The molecule has 6 nitrogen and oxygen atoms in total. The molecule has 6 heteroatoms. The molecule has 0 aliphatic carbocycles. The van der Waals surface area contributed by atoms with E-state index in [1.807, 2.05) is 0 Å². The molecule has 0 aromatic heterocycles. The molecular weight excluding hydrogens is 406 g/mol. The minimum Gasteiger partial charge on any atom is -0.421 e. The van der Waals surface area contributed by atoms with E-state index in [1.54, 1.807) is 0 Å². The number of ether oxygens (including phenoxy) is 1. The Morgan fingerprint density at radius 3 is 1.81 bits per heavy atom. The first-order valence-corrected chi connectivity index (χ1v) is 12.8. The molecule has 0 spiro atoms. The van der Waals surface area contributed by atoms with Crippen LogP contribution in [0.5, 0.6) is 0 Å². The van der Waals surface area contributed by atoms with Gasteiger partial charge in [0.05, 0.1) is 0 Å². The predicted molar refractivity (Wildman–Crippen MR) is 126 cm³/mol. The lowest BCUT2D eigenvalue weighted by Crippen LogP contribution is -2.35. The van der Waals surface area contributed by atoms with Crippen molar-refractivity contribution in [1.82, 2.24) is 5.32 Å². The van der Waals surface area contributed by atoms with Crippen LogP contribution >= 0.6 is 0 Å². The predicted octanol–water partition coefficient (Wildman–Crippen LogP) is 5.72. The van der Waals surface area contributed by atoms with Crippen LogP contribution in [0.1, 0.15) is 122 Å².